The van der Waals surface area contributed by atoms with Crippen molar-refractivity contribution in [2.24, 2.45) is 0 Å². The van der Waals surface area contributed by atoms with Crippen molar-refractivity contribution < 1.29 is 14.3 Å². The minimum absolute atomic E-state index is 0.0914. The summed E-state index contributed by atoms with van der Waals surface area (Å²) >= 11 is 0. The van der Waals surface area contributed by atoms with E-state index in [1.54, 1.807) is 0 Å². The molecule has 3 aliphatic heterocycles. The largest absolute Gasteiger partial charge is 0.368 e. The molecule has 1 aromatic heterocycles. The van der Waals surface area contributed by atoms with Gasteiger partial charge in [0.15, 0.2) is 0 Å². The Morgan fingerprint density at radius 3 is 2.30 bits per heavy atom. The molecule has 7 heteroatoms. The molecule has 2 saturated heterocycles. The van der Waals surface area contributed by atoms with Crippen LogP contribution in [0.3, 0.4) is 0 Å². The first kappa shape index (κ1) is 18.5. The molecule has 2 amide bonds. The number of rotatable bonds is 3. The lowest BCUT2D eigenvalue weighted by Crippen LogP contribution is -2.48. The van der Waals surface area contributed by atoms with Crippen molar-refractivity contribution in [1.29, 1.82) is 0 Å². The summed E-state index contributed by atoms with van der Waals surface area (Å²) < 4.78 is 6.14. The van der Waals surface area contributed by atoms with Crippen molar-refractivity contribution in [3.8, 4) is 0 Å². The zero-order chi connectivity index (χ0) is 18.7. The molecule has 1 aromatic rings. The zero-order valence-corrected chi connectivity index (χ0v) is 16.0. The highest BCUT2D eigenvalue weighted by Crippen LogP contribution is 2.40. The van der Waals surface area contributed by atoms with Crippen LogP contribution >= 0.6 is 0 Å². The van der Waals surface area contributed by atoms with Crippen molar-refractivity contribution in [2.45, 2.75) is 63.4 Å². The van der Waals surface area contributed by atoms with Gasteiger partial charge in [0.1, 0.15) is 5.60 Å². The van der Waals surface area contributed by atoms with E-state index in [-0.39, 0.29) is 17.4 Å². The molecule has 1 N–H and O–H groups in total. The number of aromatic nitrogens is 2. The minimum atomic E-state index is -0.317. The SMILES string of the molecule is O=C(CCC(=O)N1CCC2(CC1)OCCc1cn[nH]c12)N1CCCCCC1. The van der Waals surface area contributed by atoms with E-state index < -0.39 is 0 Å². The zero-order valence-electron chi connectivity index (χ0n) is 16.0. The van der Waals surface area contributed by atoms with Crippen LogP contribution in [0.4, 0.5) is 0 Å². The molecule has 3 aliphatic rings. The summed E-state index contributed by atoms with van der Waals surface area (Å²) in [7, 11) is 0. The molecule has 148 valence electrons. The summed E-state index contributed by atoms with van der Waals surface area (Å²) in [6, 6.07) is 0. The third-order valence-corrected chi connectivity index (χ3v) is 6.36. The van der Waals surface area contributed by atoms with Crippen molar-refractivity contribution >= 4 is 11.8 Å². The monoisotopic (exact) mass is 374 g/mol. The molecule has 7 nitrogen and oxygen atoms in total. The van der Waals surface area contributed by atoms with Gasteiger partial charge in [0.2, 0.25) is 11.8 Å². The number of H-pyrrole nitrogens is 1. The average molecular weight is 374 g/mol. The quantitative estimate of drug-likeness (QED) is 0.878. The summed E-state index contributed by atoms with van der Waals surface area (Å²) in [5.41, 5.74) is 2.02. The predicted molar refractivity (Wildman–Crippen MR) is 100 cm³/mol. The van der Waals surface area contributed by atoms with Crippen LogP contribution in [0.1, 0.15) is 62.6 Å². The van der Waals surface area contributed by atoms with Gasteiger partial charge < -0.3 is 14.5 Å². The first-order valence-corrected chi connectivity index (χ1v) is 10.4. The molecular formula is C20H30N4O3. The lowest BCUT2D eigenvalue weighted by atomic mass is 9.83. The van der Waals surface area contributed by atoms with Crippen LogP contribution in [0.2, 0.25) is 0 Å². The second-order valence-electron chi connectivity index (χ2n) is 8.04. The Morgan fingerprint density at radius 2 is 1.63 bits per heavy atom. The Hall–Kier alpha value is -1.89. The molecule has 27 heavy (non-hydrogen) atoms. The fourth-order valence-electron chi connectivity index (χ4n) is 4.69. The van der Waals surface area contributed by atoms with E-state index in [1.807, 2.05) is 16.0 Å². The van der Waals surface area contributed by atoms with E-state index >= 15 is 0 Å². The normalized spacial score (nSPS) is 22.4. The number of carbonyl (C=O) groups is 2. The smallest absolute Gasteiger partial charge is 0.223 e. The predicted octanol–water partition coefficient (Wildman–Crippen LogP) is 1.98. The van der Waals surface area contributed by atoms with E-state index in [9.17, 15) is 9.59 Å². The molecule has 2 fully saturated rings. The van der Waals surface area contributed by atoms with Crippen molar-refractivity contribution in [3.05, 3.63) is 17.5 Å². The van der Waals surface area contributed by atoms with Crippen molar-refractivity contribution in [2.75, 3.05) is 32.8 Å². The number of ether oxygens (including phenoxy) is 1. The van der Waals surface area contributed by atoms with Crippen LogP contribution in [0.5, 0.6) is 0 Å². The molecule has 4 rings (SSSR count). The van der Waals surface area contributed by atoms with E-state index in [1.165, 1.54) is 18.4 Å². The maximum Gasteiger partial charge on any atom is 0.223 e. The van der Waals surface area contributed by atoms with Crippen LogP contribution in [-0.4, -0.2) is 64.6 Å². The van der Waals surface area contributed by atoms with E-state index in [2.05, 4.69) is 10.2 Å². The Kier molecular flexibility index (Phi) is 5.48. The van der Waals surface area contributed by atoms with Gasteiger partial charge in [-0.3, -0.25) is 14.7 Å². The summed E-state index contributed by atoms with van der Waals surface area (Å²) in [6.45, 7) is 3.77. The van der Waals surface area contributed by atoms with Gasteiger partial charge in [-0.15, -0.1) is 0 Å². The van der Waals surface area contributed by atoms with Gasteiger partial charge >= 0.3 is 0 Å². The molecule has 0 aromatic carbocycles. The highest BCUT2D eigenvalue weighted by Gasteiger charge is 2.43. The van der Waals surface area contributed by atoms with Crippen molar-refractivity contribution in [1.82, 2.24) is 20.0 Å². The molecule has 4 heterocycles. The van der Waals surface area contributed by atoms with Crippen LogP contribution in [0, 0.1) is 0 Å². The van der Waals surface area contributed by atoms with Crippen LogP contribution in [-0.2, 0) is 26.3 Å². The molecule has 0 radical (unpaired) electrons. The van der Waals surface area contributed by atoms with E-state index in [0.29, 0.717) is 32.5 Å². The molecular weight excluding hydrogens is 344 g/mol. The summed E-state index contributed by atoms with van der Waals surface area (Å²) in [4.78, 5) is 28.9. The van der Waals surface area contributed by atoms with Crippen LogP contribution in [0.15, 0.2) is 6.20 Å². The topological polar surface area (TPSA) is 78.5 Å². The van der Waals surface area contributed by atoms with Gasteiger partial charge in [-0.2, -0.15) is 5.10 Å². The average Bonchev–Trinajstić information content (AvgIpc) is 3.02. The third-order valence-electron chi connectivity index (χ3n) is 6.36. The number of amides is 2. The highest BCUT2D eigenvalue weighted by molar-refractivity contribution is 5.84. The van der Waals surface area contributed by atoms with Gasteiger partial charge in [-0.1, -0.05) is 12.8 Å². The summed E-state index contributed by atoms with van der Waals surface area (Å²) in [6.07, 6.45) is 9.60. The number of hydrogen-bond acceptors (Lipinski definition) is 4. The number of likely N-dealkylation sites (tertiary alicyclic amines) is 2. The Balaban J connectivity index is 1.27. The Labute approximate surface area is 160 Å². The number of piperidine rings is 1. The number of nitrogens with zero attached hydrogens (tertiary/aromatic N) is 3. The Morgan fingerprint density at radius 1 is 1.00 bits per heavy atom. The first-order valence-electron chi connectivity index (χ1n) is 10.4. The number of hydrogen-bond donors (Lipinski definition) is 1. The maximum atomic E-state index is 12.6. The second kappa shape index (κ2) is 8.00. The molecule has 0 atom stereocenters. The number of aromatic amines is 1. The fraction of sp³-hybridized carbons (Fsp3) is 0.750. The maximum absolute atomic E-state index is 12.6. The van der Waals surface area contributed by atoms with Gasteiger partial charge in [0.25, 0.3) is 0 Å². The molecule has 0 unspecified atom stereocenters. The summed E-state index contributed by atoms with van der Waals surface area (Å²) in [5, 5.41) is 7.29. The summed E-state index contributed by atoms with van der Waals surface area (Å²) in [5.74, 6) is 0.227. The van der Waals surface area contributed by atoms with E-state index in [4.69, 9.17) is 4.74 Å². The van der Waals surface area contributed by atoms with Gasteiger partial charge in [0.05, 0.1) is 18.5 Å². The highest BCUT2D eigenvalue weighted by atomic mass is 16.5. The van der Waals surface area contributed by atoms with E-state index in [0.717, 1.165) is 50.9 Å². The third kappa shape index (κ3) is 3.88. The molecule has 1 spiro atoms. The fourth-order valence-corrected chi connectivity index (χ4v) is 4.69. The standard InChI is InChI=1S/C20H30N4O3/c25-17(23-10-3-1-2-4-11-23)5-6-18(26)24-12-8-20(9-13-24)19-16(7-14-27-20)15-21-22-19/h15H,1-14H2,(H,21,22). The molecule has 0 bridgehead atoms. The number of nitrogens with one attached hydrogen (secondary N) is 1. The first-order chi connectivity index (χ1) is 13.2. The number of carbonyl (C=O) groups excluding carboxylic acids is 2. The lowest BCUT2D eigenvalue weighted by Gasteiger charge is -2.43. The van der Waals surface area contributed by atoms with Gasteiger partial charge in [-0.05, 0) is 37.7 Å². The second-order valence-corrected chi connectivity index (χ2v) is 8.04. The van der Waals surface area contributed by atoms with Gasteiger partial charge in [-0.25, -0.2) is 0 Å². The van der Waals surface area contributed by atoms with Gasteiger partial charge in [0, 0.05) is 39.0 Å². The number of fused-ring (bicyclic) bond motifs is 2. The molecule has 0 aliphatic carbocycles. The lowest BCUT2D eigenvalue weighted by molar-refractivity contribution is -0.143. The van der Waals surface area contributed by atoms with Crippen molar-refractivity contribution in [3.63, 3.8) is 0 Å². The Bertz CT molecular complexity index is 671. The van der Waals surface area contributed by atoms with Crippen LogP contribution < -0.4 is 0 Å². The minimum Gasteiger partial charge on any atom is -0.368 e. The van der Waals surface area contributed by atoms with Crippen LogP contribution in [0.25, 0.3) is 0 Å². The molecule has 0 saturated carbocycles.